The molecule has 2 aromatic carbocycles. The molecule has 0 saturated carbocycles. The summed E-state index contributed by atoms with van der Waals surface area (Å²) in [5.74, 6) is 0. The van der Waals surface area contributed by atoms with Crippen molar-refractivity contribution in [2.24, 2.45) is 0 Å². The second kappa shape index (κ2) is 6.65. The fourth-order valence-corrected chi connectivity index (χ4v) is 3.13. The maximum atomic E-state index is 6.74. The molecule has 1 unspecified atom stereocenters. The van der Waals surface area contributed by atoms with Crippen molar-refractivity contribution in [1.82, 2.24) is 0 Å². The summed E-state index contributed by atoms with van der Waals surface area (Å²) in [7, 11) is 0. The van der Waals surface area contributed by atoms with Gasteiger partial charge in [-0.2, -0.15) is 0 Å². The average Bonchev–Trinajstić information content (AvgIpc) is 2.48. The Bertz CT molecular complexity index is 602. The van der Waals surface area contributed by atoms with E-state index in [4.69, 9.17) is 23.2 Å². The van der Waals surface area contributed by atoms with Crippen molar-refractivity contribution in [3.05, 3.63) is 69.2 Å². The van der Waals surface area contributed by atoms with Crippen LogP contribution in [0.5, 0.6) is 0 Å². The molecule has 0 aliphatic rings. The van der Waals surface area contributed by atoms with Crippen LogP contribution in [0.3, 0.4) is 0 Å². The molecule has 0 spiro atoms. The lowest BCUT2D eigenvalue weighted by Gasteiger charge is -2.18. The quantitative estimate of drug-likeness (QED) is 0.598. The highest BCUT2D eigenvalue weighted by molar-refractivity contribution is 6.33. The van der Waals surface area contributed by atoms with Gasteiger partial charge in [-0.15, -0.1) is 11.6 Å². The van der Waals surface area contributed by atoms with Gasteiger partial charge in [0.1, 0.15) is 0 Å². The third-order valence-electron chi connectivity index (χ3n) is 3.77. The summed E-state index contributed by atoms with van der Waals surface area (Å²) in [6, 6.07) is 12.6. The van der Waals surface area contributed by atoms with Crippen LogP contribution in [0.15, 0.2) is 36.4 Å². The van der Waals surface area contributed by atoms with E-state index in [-0.39, 0.29) is 5.38 Å². The Balaban J connectivity index is 2.51. The second-order valence-corrected chi connectivity index (χ2v) is 5.90. The van der Waals surface area contributed by atoms with Gasteiger partial charge in [-0.25, -0.2) is 0 Å². The van der Waals surface area contributed by atoms with Crippen molar-refractivity contribution < 1.29 is 0 Å². The summed E-state index contributed by atoms with van der Waals surface area (Å²) < 4.78 is 0. The molecule has 2 heteroatoms. The van der Waals surface area contributed by atoms with Gasteiger partial charge in [-0.3, -0.25) is 0 Å². The van der Waals surface area contributed by atoms with Crippen molar-refractivity contribution in [1.29, 1.82) is 0 Å². The minimum absolute atomic E-state index is 0.191. The zero-order valence-corrected chi connectivity index (χ0v) is 13.7. The largest absolute Gasteiger partial charge is 0.113 e. The molecule has 0 aromatic heterocycles. The van der Waals surface area contributed by atoms with E-state index in [1.54, 1.807) is 0 Å². The van der Waals surface area contributed by atoms with E-state index in [9.17, 15) is 0 Å². The topological polar surface area (TPSA) is 0 Å². The van der Waals surface area contributed by atoms with Gasteiger partial charge in [0.2, 0.25) is 0 Å². The SMILES string of the molecule is CCc1ccc(CC)c(C(Cl)c2cccc(C)c2Cl)c1. The zero-order chi connectivity index (χ0) is 14.7. The lowest BCUT2D eigenvalue weighted by atomic mass is 9.94. The standard InChI is InChI=1S/C18H20Cl2/c1-4-13-9-10-14(5-2)16(11-13)18(20)15-8-6-7-12(3)17(15)19/h6-11,18H,4-5H2,1-3H3. The predicted octanol–water partition coefficient (Wildman–Crippen LogP) is 6.10. The maximum Gasteiger partial charge on any atom is 0.0852 e. The van der Waals surface area contributed by atoms with Crippen LogP contribution in [-0.4, -0.2) is 0 Å². The monoisotopic (exact) mass is 306 g/mol. The van der Waals surface area contributed by atoms with Crippen LogP contribution in [-0.2, 0) is 12.8 Å². The van der Waals surface area contributed by atoms with Gasteiger partial charge in [-0.1, -0.05) is 61.8 Å². The summed E-state index contributed by atoms with van der Waals surface area (Å²) >= 11 is 13.2. The molecule has 2 aromatic rings. The highest BCUT2D eigenvalue weighted by Gasteiger charge is 2.18. The van der Waals surface area contributed by atoms with Crippen LogP contribution in [0.4, 0.5) is 0 Å². The molecule has 0 radical (unpaired) electrons. The Labute approximate surface area is 131 Å². The molecular formula is C18H20Cl2. The van der Waals surface area contributed by atoms with Gasteiger partial charge in [0.05, 0.1) is 5.38 Å². The first-order chi connectivity index (χ1) is 9.58. The Hall–Kier alpha value is -0.980. The number of rotatable bonds is 4. The smallest absolute Gasteiger partial charge is 0.0852 e. The van der Waals surface area contributed by atoms with Crippen LogP contribution in [0.25, 0.3) is 0 Å². The first-order valence-electron chi connectivity index (χ1n) is 7.09. The zero-order valence-electron chi connectivity index (χ0n) is 12.2. The van der Waals surface area contributed by atoms with E-state index >= 15 is 0 Å². The van der Waals surface area contributed by atoms with E-state index in [1.807, 2.05) is 25.1 Å². The molecule has 0 aliphatic heterocycles. The van der Waals surface area contributed by atoms with Crippen LogP contribution in [0, 0.1) is 6.92 Å². The van der Waals surface area contributed by atoms with Crippen LogP contribution < -0.4 is 0 Å². The van der Waals surface area contributed by atoms with E-state index in [0.29, 0.717) is 0 Å². The number of hydrogen-bond donors (Lipinski definition) is 0. The van der Waals surface area contributed by atoms with E-state index < -0.39 is 0 Å². The maximum absolute atomic E-state index is 6.74. The van der Waals surface area contributed by atoms with Crippen molar-refractivity contribution in [3.8, 4) is 0 Å². The fourth-order valence-electron chi connectivity index (χ4n) is 2.46. The molecule has 0 aliphatic carbocycles. The van der Waals surface area contributed by atoms with Gasteiger partial charge in [-0.05, 0) is 47.6 Å². The Morgan fingerprint density at radius 2 is 1.75 bits per heavy atom. The summed E-state index contributed by atoms with van der Waals surface area (Å²) in [6.07, 6.45) is 1.99. The third-order valence-corrected chi connectivity index (χ3v) is 4.75. The van der Waals surface area contributed by atoms with E-state index in [0.717, 1.165) is 29.0 Å². The van der Waals surface area contributed by atoms with Gasteiger partial charge >= 0.3 is 0 Å². The Kier molecular flexibility index (Phi) is 5.12. The molecule has 20 heavy (non-hydrogen) atoms. The number of alkyl halides is 1. The minimum Gasteiger partial charge on any atom is -0.113 e. The van der Waals surface area contributed by atoms with Crippen molar-refractivity contribution in [2.45, 2.75) is 39.0 Å². The first-order valence-corrected chi connectivity index (χ1v) is 7.90. The normalized spacial score (nSPS) is 12.4. The van der Waals surface area contributed by atoms with Crippen molar-refractivity contribution in [3.63, 3.8) is 0 Å². The molecule has 0 N–H and O–H groups in total. The fraction of sp³-hybridized carbons (Fsp3) is 0.333. The number of halogens is 2. The van der Waals surface area contributed by atoms with Crippen LogP contribution in [0.2, 0.25) is 5.02 Å². The molecule has 0 saturated heterocycles. The molecule has 2 rings (SSSR count). The van der Waals surface area contributed by atoms with Crippen LogP contribution >= 0.6 is 23.2 Å². The highest BCUT2D eigenvalue weighted by atomic mass is 35.5. The molecular weight excluding hydrogens is 287 g/mol. The summed E-state index contributed by atoms with van der Waals surface area (Å²) in [5.41, 5.74) is 5.85. The van der Waals surface area contributed by atoms with Crippen molar-refractivity contribution >= 4 is 23.2 Å². The number of aryl methyl sites for hydroxylation is 3. The minimum atomic E-state index is -0.191. The van der Waals surface area contributed by atoms with E-state index in [1.165, 1.54) is 16.7 Å². The molecule has 0 amide bonds. The summed E-state index contributed by atoms with van der Waals surface area (Å²) in [4.78, 5) is 0. The van der Waals surface area contributed by atoms with Crippen molar-refractivity contribution in [2.75, 3.05) is 0 Å². The Morgan fingerprint density at radius 3 is 2.40 bits per heavy atom. The van der Waals surface area contributed by atoms with Gasteiger partial charge < -0.3 is 0 Å². The molecule has 0 heterocycles. The highest BCUT2D eigenvalue weighted by Crippen LogP contribution is 2.37. The molecule has 1 atom stereocenters. The third kappa shape index (κ3) is 3.02. The average molecular weight is 307 g/mol. The number of hydrogen-bond acceptors (Lipinski definition) is 0. The van der Waals surface area contributed by atoms with Gasteiger partial charge in [0.25, 0.3) is 0 Å². The van der Waals surface area contributed by atoms with Gasteiger partial charge in [0.15, 0.2) is 0 Å². The predicted molar refractivity (Wildman–Crippen MR) is 89.1 cm³/mol. The summed E-state index contributed by atoms with van der Waals surface area (Å²) in [6.45, 7) is 6.33. The molecule has 106 valence electrons. The molecule has 0 bridgehead atoms. The van der Waals surface area contributed by atoms with Crippen LogP contribution in [0.1, 0.15) is 47.0 Å². The van der Waals surface area contributed by atoms with E-state index in [2.05, 4.69) is 32.0 Å². The molecule has 0 nitrogen and oxygen atoms in total. The lowest BCUT2D eigenvalue weighted by Crippen LogP contribution is -2.01. The van der Waals surface area contributed by atoms with Gasteiger partial charge in [0, 0.05) is 5.02 Å². The summed E-state index contributed by atoms with van der Waals surface area (Å²) in [5, 5.41) is 0.584. The lowest BCUT2D eigenvalue weighted by molar-refractivity contribution is 1.02. The number of benzene rings is 2. The molecule has 0 fully saturated rings. The first kappa shape index (κ1) is 15.4. The second-order valence-electron chi connectivity index (χ2n) is 5.08. The Morgan fingerprint density at radius 1 is 1.00 bits per heavy atom.